The van der Waals surface area contributed by atoms with Crippen molar-refractivity contribution in [1.82, 2.24) is 5.32 Å². The van der Waals surface area contributed by atoms with E-state index in [2.05, 4.69) is 17.6 Å². The van der Waals surface area contributed by atoms with Gasteiger partial charge in [0, 0.05) is 17.8 Å². The Hall–Kier alpha value is -1.91. The van der Waals surface area contributed by atoms with Gasteiger partial charge in [-0.15, -0.1) is 0 Å². The molecule has 2 amide bonds. The number of carbonyl (C=O) groups excluding carboxylic acids is 1. The third-order valence-corrected chi connectivity index (χ3v) is 4.07. The van der Waals surface area contributed by atoms with E-state index >= 15 is 0 Å². The number of hydrogen-bond acceptors (Lipinski definition) is 3. The fraction of sp³-hybridized carbons (Fsp3) is 0.562. The summed E-state index contributed by atoms with van der Waals surface area (Å²) in [5.41, 5.74) is 0.689. The molecule has 0 bridgehead atoms. The van der Waals surface area contributed by atoms with Gasteiger partial charge in [-0.05, 0) is 30.9 Å². The highest BCUT2D eigenvalue weighted by atomic mass is 16.5. The van der Waals surface area contributed by atoms with Crippen molar-refractivity contribution in [1.29, 1.82) is 0 Å². The molecule has 21 heavy (non-hydrogen) atoms. The van der Waals surface area contributed by atoms with Crippen LogP contribution in [0.25, 0.3) is 0 Å². The molecule has 0 unspecified atom stereocenters. The van der Waals surface area contributed by atoms with Crippen LogP contribution in [0.5, 0.6) is 11.5 Å². The van der Waals surface area contributed by atoms with Crippen molar-refractivity contribution in [3.05, 3.63) is 18.2 Å². The molecule has 2 atom stereocenters. The van der Waals surface area contributed by atoms with Crippen molar-refractivity contribution < 1.29 is 14.3 Å². The smallest absolute Gasteiger partial charge is 0.319 e. The highest BCUT2D eigenvalue weighted by molar-refractivity contribution is 5.89. The van der Waals surface area contributed by atoms with Gasteiger partial charge in [-0.1, -0.05) is 19.8 Å². The number of carbonyl (C=O) groups is 1. The van der Waals surface area contributed by atoms with Gasteiger partial charge in [0.1, 0.15) is 0 Å². The molecule has 2 rings (SSSR count). The summed E-state index contributed by atoms with van der Waals surface area (Å²) in [4.78, 5) is 12.1. The first kappa shape index (κ1) is 15.5. The number of benzene rings is 1. The fourth-order valence-corrected chi connectivity index (χ4v) is 2.78. The molecule has 1 aromatic carbocycles. The van der Waals surface area contributed by atoms with Crippen molar-refractivity contribution in [3.63, 3.8) is 0 Å². The first-order valence-corrected chi connectivity index (χ1v) is 7.43. The largest absolute Gasteiger partial charge is 0.493 e. The Morgan fingerprint density at radius 1 is 1.14 bits per heavy atom. The van der Waals surface area contributed by atoms with Gasteiger partial charge in [0.15, 0.2) is 11.5 Å². The van der Waals surface area contributed by atoms with E-state index in [-0.39, 0.29) is 12.1 Å². The van der Waals surface area contributed by atoms with Crippen LogP contribution < -0.4 is 20.1 Å². The Labute approximate surface area is 126 Å². The molecule has 5 nitrogen and oxygen atoms in total. The number of hydrogen-bond donors (Lipinski definition) is 2. The summed E-state index contributed by atoms with van der Waals surface area (Å²) >= 11 is 0. The maximum atomic E-state index is 12.1. The van der Waals surface area contributed by atoms with E-state index in [1.54, 1.807) is 32.4 Å². The molecule has 1 aromatic rings. The summed E-state index contributed by atoms with van der Waals surface area (Å²) in [5, 5.41) is 5.91. The van der Waals surface area contributed by atoms with E-state index < -0.39 is 0 Å². The molecule has 2 N–H and O–H groups in total. The van der Waals surface area contributed by atoms with Crippen molar-refractivity contribution in [2.45, 2.75) is 38.6 Å². The normalized spacial score (nSPS) is 21.5. The van der Waals surface area contributed by atoms with E-state index in [4.69, 9.17) is 9.47 Å². The minimum atomic E-state index is -0.166. The number of methoxy groups -OCH3 is 2. The van der Waals surface area contributed by atoms with Crippen LogP contribution in [-0.4, -0.2) is 26.3 Å². The lowest BCUT2D eigenvalue weighted by molar-refractivity contribution is 0.232. The van der Waals surface area contributed by atoms with Crippen LogP contribution in [0.15, 0.2) is 18.2 Å². The second-order valence-electron chi connectivity index (χ2n) is 5.54. The summed E-state index contributed by atoms with van der Waals surface area (Å²) < 4.78 is 10.4. The van der Waals surface area contributed by atoms with Crippen LogP contribution >= 0.6 is 0 Å². The number of urea groups is 1. The third kappa shape index (κ3) is 4.03. The molecule has 0 aromatic heterocycles. The van der Waals surface area contributed by atoms with Crippen molar-refractivity contribution >= 4 is 11.7 Å². The Morgan fingerprint density at radius 3 is 2.52 bits per heavy atom. The maximum Gasteiger partial charge on any atom is 0.319 e. The summed E-state index contributed by atoms with van der Waals surface area (Å²) in [6, 6.07) is 5.42. The van der Waals surface area contributed by atoms with Crippen molar-refractivity contribution in [3.8, 4) is 11.5 Å². The van der Waals surface area contributed by atoms with Crippen LogP contribution in [0.2, 0.25) is 0 Å². The summed E-state index contributed by atoms with van der Waals surface area (Å²) in [6.45, 7) is 2.19. The number of anilines is 1. The lowest BCUT2D eigenvalue weighted by atomic mass is 9.86. The summed E-state index contributed by atoms with van der Waals surface area (Å²) in [5.74, 6) is 1.78. The molecule has 116 valence electrons. The van der Waals surface area contributed by atoms with E-state index in [1.807, 2.05) is 0 Å². The van der Waals surface area contributed by atoms with Gasteiger partial charge in [0.2, 0.25) is 0 Å². The Balaban J connectivity index is 1.96. The maximum absolute atomic E-state index is 12.1. The molecule has 0 spiro atoms. The summed E-state index contributed by atoms with van der Waals surface area (Å²) in [6.07, 6.45) is 4.68. The molecule has 0 radical (unpaired) electrons. The minimum absolute atomic E-state index is 0.166. The van der Waals surface area contributed by atoms with E-state index in [0.29, 0.717) is 23.1 Å². The average Bonchev–Trinajstić information content (AvgIpc) is 2.49. The van der Waals surface area contributed by atoms with Crippen LogP contribution in [0.3, 0.4) is 0 Å². The Morgan fingerprint density at radius 2 is 1.86 bits per heavy atom. The van der Waals surface area contributed by atoms with Gasteiger partial charge in [-0.3, -0.25) is 0 Å². The standard InChI is InChI=1S/C16H24N2O3/c1-11-6-4-5-7-13(11)18-16(19)17-12-8-9-14(20-2)15(10-12)21-3/h8-11,13H,4-7H2,1-3H3,(H2,17,18,19)/t11-,13-/m1/s1. The fourth-order valence-electron chi connectivity index (χ4n) is 2.78. The van der Waals surface area contributed by atoms with Gasteiger partial charge in [-0.25, -0.2) is 4.79 Å². The quantitative estimate of drug-likeness (QED) is 0.894. The molecule has 1 saturated carbocycles. The zero-order valence-electron chi connectivity index (χ0n) is 12.9. The number of ether oxygens (including phenoxy) is 2. The molecule has 1 fully saturated rings. The van der Waals surface area contributed by atoms with Gasteiger partial charge in [0.25, 0.3) is 0 Å². The molecule has 1 aliphatic carbocycles. The molecular weight excluding hydrogens is 268 g/mol. The van der Waals surface area contributed by atoms with Crippen LogP contribution in [0.4, 0.5) is 10.5 Å². The van der Waals surface area contributed by atoms with Gasteiger partial charge in [-0.2, -0.15) is 0 Å². The number of amides is 2. The van der Waals surface area contributed by atoms with Gasteiger partial charge in [0.05, 0.1) is 14.2 Å². The highest BCUT2D eigenvalue weighted by Crippen LogP contribution is 2.30. The van der Waals surface area contributed by atoms with Gasteiger partial charge < -0.3 is 20.1 Å². The SMILES string of the molecule is COc1ccc(NC(=O)N[C@@H]2CCCC[C@H]2C)cc1OC. The molecular formula is C16H24N2O3. The second-order valence-corrected chi connectivity index (χ2v) is 5.54. The van der Waals surface area contributed by atoms with Crippen LogP contribution in [0.1, 0.15) is 32.6 Å². The van der Waals surface area contributed by atoms with Crippen molar-refractivity contribution in [2.24, 2.45) is 5.92 Å². The van der Waals surface area contributed by atoms with Crippen molar-refractivity contribution in [2.75, 3.05) is 19.5 Å². The lowest BCUT2D eigenvalue weighted by Crippen LogP contribution is -2.43. The second kappa shape index (κ2) is 7.20. The number of nitrogens with one attached hydrogen (secondary N) is 2. The predicted molar refractivity (Wildman–Crippen MR) is 83.1 cm³/mol. The third-order valence-electron chi connectivity index (χ3n) is 4.07. The van der Waals surface area contributed by atoms with Crippen LogP contribution in [0, 0.1) is 5.92 Å². The number of rotatable bonds is 4. The molecule has 1 aliphatic rings. The molecule has 0 saturated heterocycles. The molecule has 5 heteroatoms. The zero-order chi connectivity index (χ0) is 15.2. The zero-order valence-corrected chi connectivity index (χ0v) is 12.9. The molecule has 0 heterocycles. The van der Waals surface area contributed by atoms with Crippen LogP contribution in [-0.2, 0) is 0 Å². The monoisotopic (exact) mass is 292 g/mol. The Kier molecular flexibility index (Phi) is 5.31. The van der Waals surface area contributed by atoms with E-state index in [1.165, 1.54) is 19.3 Å². The van der Waals surface area contributed by atoms with E-state index in [0.717, 1.165) is 6.42 Å². The minimum Gasteiger partial charge on any atom is -0.493 e. The predicted octanol–water partition coefficient (Wildman–Crippen LogP) is 3.40. The Bertz CT molecular complexity index is 490. The lowest BCUT2D eigenvalue weighted by Gasteiger charge is -2.29. The highest BCUT2D eigenvalue weighted by Gasteiger charge is 2.22. The molecule has 0 aliphatic heterocycles. The van der Waals surface area contributed by atoms with Gasteiger partial charge >= 0.3 is 6.03 Å². The first-order valence-electron chi connectivity index (χ1n) is 7.43. The topological polar surface area (TPSA) is 59.6 Å². The van der Waals surface area contributed by atoms with E-state index in [9.17, 15) is 4.79 Å². The average molecular weight is 292 g/mol. The first-order chi connectivity index (χ1) is 10.1. The summed E-state index contributed by atoms with van der Waals surface area (Å²) in [7, 11) is 3.16.